The van der Waals surface area contributed by atoms with Gasteiger partial charge in [0.15, 0.2) is 9.84 Å². The fraction of sp³-hybridized carbons (Fsp3) is 0.810. The molecular weight excluding hydrogens is 523 g/mol. The second kappa shape index (κ2) is 9.87. The van der Waals surface area contributed by atoms with Gasteiger partial charge in [0.2, 0.25) is 15.8 Å². The molecule has 15 heteroatoms. The maximum Gasteiger partial charge on any atom is 0.451 e. The first-order chi connectivity index (χ1) is 16.7. The van der Waals surface area contributed by atoms with E-state index in [0.29, 0.717) is 19.7 Å². The second-order valence-corrected chi connectivity index (χ2v) is 14.3. The molecule has 3 aliphatic rings. The molecule has 4 rings (SSSR count). The second-order valence-electron chi connectivity index (χ2n) is 9.91. The largest absolute Gasteiger partial charge is 0.451 e. The number of anilines is 2. The van der Waals surface area contributed by atoms with Gasteiger partial charge in [0.1, 0.15) is 11.6 Å². The smallest absolute Gasteiger partial charge is 0.371 e. The summed E-state index contributed by atoms with van der Waals surface area (Å²) in [5, 5.41) is -1.10. The fourth-order valence-electron chi connectivity index (χ4n) is 5.14. The number of morpholine rings is 1. The highest BCUT2D eigenvalue weighted by Crippen LogP contribution is 2.37. The summed E-state index contributed by atoms with van der Waals surface area (Å²) >= 11 is 0. The van der Waals surface area contributed by atoms with Crippen molar-refractivity contribution in [1.82, 2.24) is 14.3 Å². The molecule has 0 aromatic carbocycles. The maximum atomic E-state index is 13.7. The molecule has 3 heterocycles. The topological polar surface area (TPSA) is 113 Å². The Balaban J connectivity index is 1.61. The molecule has 1 aliphatic carbocycles. The number of hydrogen-bond donors (Lipinski definition) is 0. The molecule has 1 atom stereocenters. The Morgan fingerprint density at radius 3 is 2.53 bits per heavy atom. The molecule has 3 fully saturated rings. The van der Waals surface area contributed by atoms with Gasteiger partial charge in [-0.3, -0.25) is 0 Å². The highest BCUT2D eigenvalue weighted by atomic mass is 32.2. The van der Waals surface area contributed by atoms with E-state index in [9.17, 15) is 30.0 Å². The summed E-state index contributed by atoms with van der Waals surface area (Å²) in [4.78, 5) is 10.6. The average Bonchev–Trinajstić information content (AvgIpc) is 2.79. The Kier molecular flexibility index (Phi) is 7.50. The predicted octanol–water partition coefficient (Wildman–Crippen LogP) is 1.53. The molecule has 1 unspecified atom stereocenters. The summed E-state index contributed by atoms with van der Waals surface area (Å²) in [6, 6.07) is 1.43. The standard InChI is InChI=1S/C21H32F3N5O5S2/c1-27(13-16-14-29(35(2,30)31)9-11-36(16,32)33)17-12-18(26-19(25-17)21(22,23)24)28-8-10-34-20(15-28)6-4-3-5-7-20/h12,16H,3-11,13-15H2,1-2H3. The first-order valence-electron chi connectivity index (χ1n) is 11.9. The number of aromatic nitrogens is 2. The van der Waals surface area contributed by atoms with Crippen LogP contribution in [0.1, 0.15) is 37.9 Å². The number of rotatable bonds is 5. The highest BCUT2D eigenvalue weighted by Gasteiger charge is 2.41. The lowest BCUT2D eigenvalue weighted by molar-refractivity contribution is -0.144. The SMILES string of the molecule is CN(CC1CN(S(C)(=O)=O)CCS1(=O)=O)c1cc(N2CCOC3(CCCCC3)C2)nc(C(F)(F)F)n1. The van der Waals surface area contributed by atoms with E-state index in [1.807, 2.05) is 0 Å². The quantitative estimate of drug-likeness (QED) is 0.534. The number of ether oxygens (including phenoxy) is 1. The molecule has 36 heavy (non-hydrogen) atoms. The van der Waals surface area contributed by atoms with Crippen molar-refractivity contribution in [3.8, 4) is 0 Å². The Hall–Kier alpha value is -1.71. The zero-order chi connectivity index (χ0) is 26.4. The van der Waals surface area contributed by atoms with Crippen LogP contribution < -0.4 is 9.80 Å². The van der Waals surface area contributed by atoms with Crippen LogP contribution in [0.25, 0.3) is 0 Å². The van der Waals surface area contributed by atoms with E-state index in [0.717, 1.165) is 42.7 Å². The van der Waals surface area contributed by atoms with E-state index < -0.39 is 42.7 Å². The monoisotopic (exact) mass is 555 g/mol. The minimum Gasteiger partial charge on any atom is -0.371 e. The van der Waals surface area contributed by atoms with Crippen molar-refractivity contribution >= 4 is 31.5 Å². The lowest BCUT2D eigenvalue weighted by Gasteiger charge is -2.45. The van der Waals surface area contributed by atoms with Crippen LogP contribution in [0, 0.1) is 0 Å². The summed E-state index contributed by atoms with van der Waals surface area (Å²) in [7, 11) is -5.81. The van der Waals surface area contributed by atoms with Gasteiger partial charge in [0.25, 0.3) is 0 Å². The first-order valence-corrected chi connectivity index (χ1v) is 15.5. The van der Waals surface area contributed by atoms with Crippen LogP contribution in [-0.2, 0) is 30.8 Å². The van der Waals surface area contributed by atoms with E-state index in [1.54, 1.807) is 4.90 Å². The van der Waals surface area contributed by atoms with Crippen LogP contribution in [0.15, 0.2) is 6.07 Å². The van der Waals surface area contributed by atoms with Crippen LogP contribution in [0.4, 0.5) is 24.8 Å². The molecule has 0 bridgehead atoms. The van der Waals surface area contributed by atoms with Crippen LogP contribution in [0.3, 0.4) is 0 Å². The van der Waals surface area contributed by atoms with Crippen molar-refractivity contribution in [2.45, 2.75) is 49.1 Å². The number of sulfone groups is 1. The zero-order valence-electron chi connectivity index (χ0n) is 20.4. The molecule has 2 aliphatic heterocycles. The molecule has 2 saturated heterocycles. The van der Waals surface area contributed by atoms with E-state index in [-0.39, 0.29) is 37.0 Å². The Bertz CT molecular complexity index is 1170. The molecule has 1 spiro atoms. The fourth-order valence-corrected chi connectivity index (χ4v) is 7.89. The van der Waals surface area contributed by atoms with E-state index in [2.05, 4.69) is 9.97 Å². The van der Waals surface area contributed by atoms with E-state index >= 15 is 0 Å². The molecule has 1 aromatic rings. The van der Waals surface area contributed by atoms with Crippen molar-refractivity contribution < 1.29 is 34.7 Å². The van der Waals surface area contributed by atoms with Crippen LogP contribution in [0.5, 0.6) is 0 Å². The van der Waals surface area contributed by atoms with Gasteiger partial charge in [-0.1, -0.05) is 19.3 Å². The third kappa shape index (κ3) is 6.05. The van der Waals surface area contributed by atoms with Crippen LogP contribution in [-0.4, -0.2) is 100 Å². The molecule has 0 radical (unpaired) electrons. The number of alkyl halides is 3. The molecule has 10 nitrogen and oxygen atoms in total. The maximum absolute atomic E-state index is 13.7. The Labute approximate surface area is 209 Å². The number of halogens is 3. The van der Waals surface area contributed by atoms with Gasteiger partial charge in [0.05, 0.1) is 29.5 Å². The average molecular weight is 556 g/mol. The molecule has 204 valence electrons. The molecule has 1 saturated carbocycles. The van der Waals surface area contributed by atoms with Gasteiger partial charge in [-0.25, -0.2) is 26.8 Å². The number of sulfonamides is 1. The molecule has 0 amide bonds. The summed E-state index contributed by atoms with van der Waals surface area (Å²) in [5.41, 5.74) is -0.406. The van der Waals surface area contributed by atoms with Crippen LogP contribution in [0.2, 0.25) is 0 Å². The Morgan fingerprint density at radius 1 is 1.19 bits per heavy atom. The van der Waals surface area contributed by atoms with Gasteiger partial charge < -0.3 is 14.5 Å². The normalized spacial score (nSPS) is 25.1. The third-order valence-corrected chi connectivity index (χ3v) is 10.5. The minimum atomic E-state index is -4.80. The van der Waals surface area contributed by atoms with Gasteiger partial charge in [0, 0.05) is 45.8 Å². The summed E-state index contributed by atoms with van der Waals surface area (Å²) in [5.74, 6) is -1.63. The summed E-state index contributed by atoms with van der Waals surface area (Å²) in [6.45, 7) is 0.551. The van der Waals surface area contributed by atoms with Crippen LogP contribution >= 0.6 is 0 Å². The highest BCUT2D eigenvalue weighted by molar-refractivity contribution is 7.92. The van der Waals surface area contributed by atoms with Gasteiger partial charge in [-0.05, 0) is 12.8 Å². The Morgan fingerprint density at radius 2 is 1.89 bits per heavy atom. The van der Waals surface area contributed by atoms with Crippen molar-refractivity contribution in [3.63, 3.8) is 0 Å². The number of nitrogens with zero attached hydrogens (tertiary/aromatic N) is 5. The first kappa shape index (κ1) is 27.3. The third-order valence-electron chi connectivity index (χ3n) is 7.17. The number of hydrogen-bond acceptors (Lipinski definition) is 9. The summed E-state index contributed by atoms with van der Waals surface area (Å²) < 4.78 is 97.6. The molecule has 1 aromatic heterocycles. The van der Waals surface area contributed by atoms with E-state index in [4.69, 9.17) is 4.74 Å². The molecule has 0 N–H and O–H groups in total. The zero-order valence-corrected chi connectivity index (χ0v) is 22.0. The van der Waals surface area contributed by atoms with E-state index in [1.165, 1.54) is 18.0 Å². The lowest BCUT2D eigenvalue weighted by Crippen LogP contribution is -2.53. The lowest BCUT2D eigenvalue weighted by atomic mass is 9.83. The van der Waals surface area contributed by atoms with Crippen molar-refractivity contribution in [1.29, 1.82) is 0 Å². The van der Waals surface area contributed by atoms with Gasteiger partial charge >= 0.3 is 6.18 Å². The van der Waals surface area contributed by atoms with Crippen molar-refractivity contribution in [2.24, 2.45) is 0 Å². The van der Waals surface area contributed by atoms with Gasteiger partial charge in [-0.15, -0.1) is 0 Å². The molecular formula is C21H32F3N5O5S2. The van der Waals surface area contributed by atoms with Crippen molar-refractivity contribution in [3.05, 3.63) is 11.9 Å². The summed E-state index contributed by atoms with van der Waals surface area (Å²) in [6.07, 6.45) is 0.976. The van der Waals surface area contributed by atoms with Gasteiger partial charge in [-0.2, -0.15) is 17.5 Å². The predicted molar refractivity (Wildman–Crippen MR) is 128 cm³/mol. The minimum absolute atomic E-state index is 0.0804. The van der Waals surface area contributed by atoms with Crippen molar-refractivity contribution in [2.75, 3.05) is 68.2 Å².